The Labute approximate surface area is 362 Å². The summed E-state index contributed by atoms with van der Waals surface area (Å²) in [4.78, 5) is 66.9. The average molecular weight is 861 g/mol. The second kappa shape index (κ2) is 19.2. The van der Waals surface area contributed by atoms with E-state index in [-0.39, 0.29) is 31.3 Å². The fourth-order valence-corrected chi connectivity index (χ4v) is 8.36. The van der Waals surface area contributed by atoms with Crippen molar-refractivity contribution >= 4 is 46.8 Å². The predicted octanol–water partition coefficient (Wildman–Crippen LogP) is 5.84. The molecular formula is C45H55Cl2N7O6. The second-order valence-electron chi connectivity index (χ2n) is 16.7. The highest BCUT2D eigenvalue weighted by atomic mass is 35.5. The topological polar surface area (TPSA) is 149 Å². The van der Waals surface area contributed by atoms with E-state index >= 15 is 0 Å². The summed E-state index contributed by atoms with van der Waals surface area (Å²) in [5.74, 6) is -0.949. The highest BCUT2D eigenvalue weighted by Gasteiger charge is 2.43. The first-order chi connectivity index (χ1) is 28.6. The van der Waals surface area contributed by atoms with Gasteiger partial charge in [0.1, 0.15) is 29.4 Å². The third-order valence-corrected chi connectivity index (χ3v) is 12.0. The van der Waals surface area contributed by atoms with Gasteiger partial charge in [0, 0.05) is 53.6 Å². The SMILES string of the molecule is CC(C)C1CC(=O)N(Cc2ccc(Cl)cc2Oc2ccc(-c3cnc(CN(C)C)n3C)cc2)[C@@H](C)C(=O)N[C@@H](CO)C(=O)N[C@@]2(Cc3ccc(Cl)cc3)CCCN(C2)C1=O. The van der Waals surface area contributed by atoms with Gasteiger partial charge in [-0.1, -0.05) is 55.2 Å². The number of hydrogen-bond acceptors (Lipinski definition) is 8. The number of carbonyl (C=O) groups excluding carboxylic acids is 4. The zero-order valence-electron chi connectivity index (χ0n) is 35.1. The molecule has 2 fully saturated rings. The van der Waals surface area contributed by atoms with Crippen LogP contribution in [0.3, 0.4) is 0 Å². The van der Waals surface area contributed by atoms with E-state index in [1.165, 1.54) is 4.90 Å². The Morgan fingerprint density at radius 2 is 1.68 bits per heavy atom. The standard InChI is InChI=1S/C45H55Cl2N7O6/c1-28(2)36-21-41(56)54(24-32-10-15-34(47)20-39(32)60-35-16-11-31(12-17-35)38-23-48-40(52(38)6)25-51(4)5)29(3)42(57)49-37(26-55)43(58)50-45(18-7-19-53(27-45)44(36)59)22-30-8-13-33(46)14-9-30/h8-17,20,23,28-29,36-37,55H,7,18-19,21-22,24-27H2,1-6H3,(H,49,57)(H,50,58)/t29-,36?,37-,45+/m0/s1. The summed E-state index contributed by atoms with van der Waals surface area (Å²) < 4.78 is 8.45. The molecule has 0 aliphatic carbocycles. The number of amides is 4. The number of rotatable bonds is 11. The number of benzene rings is 3. The molecule has 4 atom stereocenters. The molecule has 0 saturated carbocycles. The minimum Gasteiger partial charge on any atom is -0.457 e. The first kappa shape index (κ1) is 44.6. The van der Waals surface area contributed by atoms with Crippen molar-refractivity contribution in [3.8, 4) is 22.8 Å². The molecule has 4 amide bonds. The minimum absolute atomic E-state index is 0.0788. The molecule has 0 spiro atoms. The van der Waals surface area contributed by atoms with Crippen molar-refractivity contribution in [1.29, 1.82) is 0 Å². The summed E-state index contributed by atoms with van der Waals surface area (Å²) in [5, 5.41) is 17.3. The Morgan fingerprint density at radius 3 is 2.35 bits per heavy atom. The van der Waals surface area contributed by atoms with Crippen molar-refractivity contribution in [1.82, 2.24) is 34.9 Å². The zero-order chi connectivity index (χ0) is 43.3. The van der Waals surface area contributed by atoms with Crippen LogP contribution >= 0.6 is 23.2 Å². The number of nitrogens with zero attached hydrogens (tertiary/aromatic N) is 5. The molecular weight excluding hydrogens is 805 g/mol. The number of nitrogens with one attached hydrogen (secondary N) is 2. The maximum Gasteiger partial charge on any atom is 0.245 e. The molecule has 3 aromatic carbocycles. The van der Waals surface area contributed by atoms with Crippen molar-refractivity contribution in [3.63, 3.8) is 0 Å². The summed E-state index contributed by atoms with van der Waals surface area (Å²) in [6.45, 7) is 5.97. The Hall–Kier alpha value is -4.95. The quantitative estimate of drug-likeness (QED) is 0.171. The maximum absolute atomic E-state index is 14.6. The highest BCUT2D eigenvalue weighted by molar-refractivity contribution is 6.31. The Kier molecular flexibility index (Phi) is 14.3. The molecule has 2 saturated heterocycles. The predicted molar refractivity (Wildman–Crippen MR) is 231 cm³/mol. The molecule has 60 heavy (non-hydrogen) atoms. The molecule has 6 rings (SSSR count). The lowest BCUT2D eigenvalue weighted by Crippen LogP contribution is -2.65. The molecule has 2 aliphatic rings. The van der Waals surface area contributed by atoms with E-state index in [9.17, 15) is 24.3 Å². The summed E-state index contributed by atoms with van der Waals surface area (Å²) in [5.41, 5.74) is 2.46. The largest absolute Gasteiger partial charge is 0.457 e. The van der Waals surface area contributed by atoms with Gasteiger partial charge in [-0.05, 0) is 100 Å². The molecule has 4 aromatic rings. The molecule has 1 aromatic heterocycles. The maximum atomic E-state index is 14.6. The van der Waals surface area contributed by atoms with Gasteiger partial charge in [-0.25, -0.2) is 4.98 Å². The summed E-state index contributed by atoms with van der Waals surface area (Å²) in [6, 6.07) is 17.5. The molecule has 2 bridgehead atoms. The third kappa shape index (κ3) is 10.5. The van der Waals surface area contributed by atoms with Gasteiger partial charge in [-0.2, -0.15) is 0 Å². The van der Waals surface area contributed by atoms with Gasteiger partial charge in [0.2, 0.25) is 23.6 Å². The van der Waals surface area contributed by atoms with Crippen LogP contribution < -0.4 is 15.4 Å². The van der Waals surface area contributed by atoms with E-state index < -0.39 is 47.9 Å². The van der Waals surface area contributed by atoms with Crippen LogP contribution in [0, 0.1) is 11.8 Å². The molecule has 3 heterocycles. The first-order valence-corrected chi connectivity index (χ1v) is 21.1. The molecule has 2 aliphatic heterocycles. The van der Waals surface area contributed by atoms with Crippen LogP contribution in [0.5, 0.6) is 11.5 Å². The van der Waals surface area contributed by atoms with E-state index in [0.29, 0.717) is 59.5 Å². The lowest BCUT2D eigenvalue weighted by Gasteiger charge is -2.45. The Morgan fingerprint density at radius 1 is 0.983 bits per heavy atom. The smallest absolute Gasteiger partial charge is 0.245 e. The van der Waals surface area contributed by atoms with Crippen LogP contribution in [-0.2, 0) is 45.7 Å². The highest BCUT2D eigenvalue weighted by Crippen LogP contribution is 2.34. The van der Waals surface area contributed by atoms with Crippen molar-refractivity contribution in [2.24, 2.45) is 18.9 Å². The lowest BCUT2D eigenvalue weighted by molar-refractivity contribution is -0.149. The number of aliphatic hydroxyl groups excluding tert-OH is 1. The molecule has 320 valence electrons. The normalized spacial score (nSPS) is 21.9. The fourth-order valence-electron chi connectivity index (χ4n) is 8.07. The summed E-state index contributed by atoms with van der Waals surface area (Å²) in [7, 11) is 5.97. The number of fused-ring (bicyclic) bond motifs is 2. The molecule has 0 radical (unpaired) electrons. The average Bonchev–Trinajstić information content (AvgIpc) is 3.57. The Bertz CT molecular complexity index is 2180. The number of imidazole rings is 1. The number of ether oxygens (including phenoxy) is 1. The van der Waals surface area contributed by atoms with Gasteiger partial charge in [-0.15, -0.1) is 0 Å². The number of aromatic nitrogens is 2. The summed E-state index contributed by atoms with van der Waals surface area (Å²) >= 11 is 12.7. The van der Waals surface area contributed by atoms with E-state index in [1.807, 2.05) is 77.6 Å². The van der Waals surface area contributed by atoms with Crippen LogP contribution in [-0.4, -0.2) is 104 Å². The molecule has 1 unspecified atom stereocenters. The van der Waals surface area contributed by atoms with Gasteiger partial charge >= 0.3 is 0 Å². The molecule has 15 heteroatoms. The van der Waals surface area contributed by atoms with Crippen LogP contribution in [0.2, 0.25) is 10.0 Å². The van der Waals surface area contributed by atoms with Crippen molar-refractivity contribution in [2.75, 3.05) is 33.8 Å². The molecule has 3 N–H and O–H groups in total. The number of carbonyl (C=O) groups is 4. The fraction of sp³-hybridized carbons (Fsp3) is 0.444. The van der Waals surface area contributed by atoms with Gasteiger partial charge in [0.15, 0.2) is 0 Å². The van der Waals surface area contributed by atoms with Gasteiger partial charge < -0.3 is 39.7 Å². The molecule has 13 nitrogen and oxygen atoms in total. The van der Waals surface area contributed by atoms with Crippen LogP contribution in [0.1, 0.15) is 57.0 Å². The van der Waals surface area contributed by atoms with E-state index in [4.69, 9.17) is 27.9 Å². The van der Waals surface area contributed by atoms with Crippen molar-refractivity contribution in [2.45, 2.75) is 77.2 Å². The van der Waals surface area contributed by atoms with E-state index in [0.717, 1.165) is 22.6 Å². The van der Waals surface area contributed by atoms with Gasteiger partial charge in [-0.3, -0.25) is 19.2 Å². The van der Waals surface area contributed by atoms with Crippen molar-refractivity contribution < 1.29 is 29.0 Å². The second-order valence-corrected chi connectivity index (χ2v) is 17.5. The van der Waals surface area contributed by atoms with E-state index in [2.05, 4.69) is 25.1 Å². The van der Waals surface area contributed by atoms with Gasteiger partial charge in [0.25, 0.3) is 0 Å². The Balaban J connectivity index is 1.29. The number of piperidine rings is 1. The number of hydrogen-bond donors (Lipinski definition) is 3. The number of aliphatic hydroxyl groups is 1. The van der Waals surface area contributed by atoms with Crippen LogP contribution in [0.25, 0.3) is 11.3 Å². The number of halogens is 2. The van der Waals surface area contributed by atoms with Crippen LogP contribution in [0.4, 0.5) is 0 Å². The monoisotopic (exact) mass is 859 g/mol. The third-order valence-electron chi connectivity index (χ3n) is 11.5. The van der Waals surface area contributed by atoms with Gasteiger partial charge in [0.05, 0.1) is 37.1 Å². The van der Waals surface area contributed by atoms with Crippen LogP contribution in [0.15, 0.2) is 72.9 Å². The lowest BCUT2D eigenvalue weighted by atomic mass is 9.81. The first-order valence-electron chi connectivity index (χ1n) is 20.3. The zero-order valence-corrected chi connectivity index (χ0v) is 36.6. The van der Waals surface area contributed by atoms with Crippen molar-refractivity contribution in [3.05, 3.63) is 99.9 Å². The summed E-state index contributed by atoms with van der Waals surface area (Å²) in [6.07, 6.45) is 3.23. The minimum atomic E-state index is -1.32. The van der Waals surface area contributed by atoms with E-state index in [1.54, 1.807) is 42.2 Å².